The van der Waals surface area contributed by atoms with Crippen LogP contribution in [0.3, 0.4) is 0 Å². The van der Waals surface area contributed by atoms with Gasteiger partial charge in [-0.2, -0.15) is 0 Å². The summed E-state index contributed by atoms with van der Waals surface area (Å²) in [7, 11) is 4.19. The Labute approximate surface area is 113 Å². The van der Waals surface area contributed by atoms with Crippen molar-refractivity contribution in [1.82, 2.24) is 4.90 Å². The van der Waals surface area contributed by atoms with Crippen LogP contribution >= 0.6 is 11.8 Å². The second-order valence-corrected chi connectivity index (χ2v) is 5.62. The lowest BCUT2D eigenvalue weighted by Gasteiger charge is -2.07. The molecule has 18 heavy (non-hydrogen) atoms. The van der Waals surface area contributed by atoms with Crippen LogP contribution in [0.5, 0.6) is 0 Å². The molecule has 0 N–H and O–H groups in total. The van der Waals surface area contributed by atoms with Gasteiger partial charge in [-0.15, -0.1) is 0 Å². The quantitative estimate of drug-likeness (QED) is 0.784. The zero-order chi connectivity index (χ0) is 12.8. The van der Waals surface area contributed by atoms with E-state index in [0.717, 1.165) is 30.2 Å². The van der Waals surface area contributed by atoms with Crippen molar-refractivity contribution in [3.63, 3.8) is 0 Å². The summed E-state index contributed by atoms with van der Waals surface area (Å²) < 4.78 is 5.81. The molecule has 1 aromatic carbocycles. The Morgan fingerprint density at radius 2 is 1.83 bits per heavy atom. The van der Waals surface area contributed by atoms with E-state index < -0.39 is 0 Å². The molecule has 0 spiro atoms. The molecular weight excluding hydrogens is 242 g/mol. The van der Waals surface area contributed by atoms with Crippen molar-refractivity contribution in [2.45, 2.75) is 22.8 Å². The summed E-state index contributed by atoms with van der Waals surface area (Å²) in [6.45, 7) is 1.10. The molecular formula is C15H19NOS. The van der Waals surface area contributed by atoms with E-state index in [-0.39, 0.29) is 0 Å². The molecule has 0 aliphatic heterocycles. The third kappa shape index (κ3) is 4.24. The van der Waals surface area contributed by atoms with Gasteiger partial charge in [-0.1, -0.05) is 30.0 Å². The van der Waals surface area contributed by atoms with E-state index >= 15 is 0 Å². The summed E-state index contributed by atoms with van der Waals surface area (Å²) in [4.78, 5) is 3.41. The molecule has 0 bridgehead atoms. The predicted octanol–water partition coefficient (Wildman–Crippen LogP) is 3.93. The minimum absolute atomic E-state index is 0.973. The first-order valence-electron chi connectivity index (χ1n) is 6.20. The predicted molar refractivity (Wildman–Crippen MR) is 76.1 cm³/mol. The van der Waals surface area contributed by atoms with Gasteiger partial charge in [-0.3, -0.25) is 0 Å². The third-order valence-corrected chi connectivity index (χ3v) is 3.56. The number of hydrogen-bond donors (Lipinski definition) is 0. The summed E-state index contributed by atoms with van der Waals surface area (Å²) in [5.41, 5.74) is 0. The first-order valence-corrected chi connectivity index (χ1v) is 7.02. The van der Waals surface area contributed by atoms with Gasteiger partial charge in [0.1, 0.15) is 5.76 Å². The fourth-order valence-corrected chi connectivity index (χ4v) is 2.53. The van der Waals surface area contributed by atoms with Crippen LogP contribution in [0.4, 0.5) is 0 Å². The van der Waals surface area contributed by atoms with Gasteiger partial charge in [0.15, 0.2) is 5.09 Å². The van der Waals surface area contributed by atoms with Gasteiger partial charge in [0.25, 0.3) is 0 Å². The largest absolute Gasteiger partial charge is 0.455 e. The molecule has 0 fully saturated rings. The molecule has 2 nitrogen and oxygen atoms in total. The van der Waals surface area contributed by atoms with E-state index in [4.69, 9.17) is 4.42 Å². The van der Waals surface area contributed by atoms with Gasteiger partial charge >= 0.3 is 0 Å². The van der Waals surface area contributed by atoms with Crippen LogP contribution < -0.4 is 0 Å². The van der Waals surface area contributed by atoms with Gasteiger partial charge in [-0.05, 0) is 51.3 Å². The Kier molecular flexibility index (Phi) is 4.90. The Balaban J connectivity index is 1.86. The maximum absolute atomic E-state index is 5.81. The molecule has 0 aliphatic rings. The van der Waals surface area contributed by atoms with Crippen LogP contribution in [-0.4, -0.2) is 25.5 Å². The van der Waals surface area contributed by atoms with Gasteiger partial charge in [-0.25, -0.2) is 0 Å². The van der Waals surface area contributed by atoms with Gasteiger partial charge in [0, 0.05) is 11.3 Å². The Morgan fingerprint density at radius 1 is 1.06 bits per heavy atom. The highest BCUT2D eigenvalue weighted by molar-refractivity contribution is 7.99. The fourth-order valence-electron chi connectivity index (χ4n) is 1.72. The Bertz CT molecular complexity index is 464. The average molecular weight is 261 g/mol. The van der Waals surface area contributed by atoms with Crippen molar-refractivity contribution in [1.29, 1.82) is 0 Å². The highest BCUT2D eigenvalue weighted by Gasteiger charge is 2.04. The lowest BCUT2D eigenvalue weighted by atomic mass is 10.2. The van der Waals surface area contributed by atoms with Crippen molar-refractivity contribution in [3.8, 4) is 0 Å². The standard InChI is InChI=1S/C15H19NOS/c1-16(2)12-6-7-13-10-11-15(17-13)18-14-8-4-3-5-9-14/h3-5,8-11H,6-7,12H2,1-2H3. The summed E-state index contributed by atoms with van der Waals surface area (Å²) >= 11 is 1.67. The van der Waals surface area contributed by atoms with Gasteiger partial charge in [0.2, 0.25) is 0 Å². The topological polar surface area (TPSA) is 16.4 Å². The third-order valence-electron chi connectivity index (χ3n) is 2.63. The van der Waals surface area contributed by atoms with Crippen molar-refractivity contribution >= 4 is 11.8 Å². The highest BCUT2D eigenvalue weighted by atomic mass is 32.2. The molecule has 0 saturated heterocycles. The minimum Gasteiger partial charge on any atom is -0.455 e. The van der Waals surface area contributed by atoms with Crippen molar-refractivity contribution in [2.24, 2.45) is 0 Å². The van der Waals surface area contributed by atoms with E-state index in [1.807, 2.05) is 18.2 Å². The van der Waals surface area contributed by atoms with Gasteiger partial charge < -0.3 is 9.32 Å². The number of aryl methyl sites for hydroxylation is 1. The monoisotopic (exact) mass is 261 g/mol. The molecule has 3 heteroatoms. The second-order valence-electron chi connectivity index (χ2n) is 4.54. The summed E-state index contributed by atoms with van der Waals surface area (Å²) in [5.74, 6) is 1.08. The van der Waals surface area contributed by atoms with E-state index in [1.54, 1.807) is 11.8 Å². The molecule has 2 aromatic rings. The maximum atomic E-state index is 5.81. The highest BCUT2D eigenvalue weighted by Crippen LogP contribution is 2.29. The molecule has 0 atom stereocenters. The fraction of sp³-hybridized carbons (Fsp3) is 0.333. The summed E-state index contributed by atoms with van der Waals surface area (Å²) in [6.07, 6.45) is 2.14. The summed E-state index contributed by atoms with van der Waals surface area (Å²) in [6, 6.07) is 14.5. The van der Waals surface area contributed by atoms with Crippen LogP contribution in [0.25, 0.3) is 0 Å². The van der Waals surface area contributed by atoms with Crippen LogP contribution in [-0.2, 0) is 6.42 Å². The number of nitrogens with zero attached hydrogens (tertiary/aromatic N) is 1. The number of furan rings is 1. The van der Waals surface area contributed by atoms with E-state index in [9.17, 15) is 0 Å². The van der Waals surface area contributed by atoms with Crippen LogP contribution in [0.1, 0.15) is 12.2 Å². The molecule has 1 aromatic heterocycles. The smallest absolute Gasteiger partial charge is 0.165 e. The van der Waals surface area contributed by atoms with E-state index in [0.29, 0.717) is 0 Å². The van der Waals surface area contributed by atoms with Crippen LogP contribution in [0, 0.1) is 0 Å². The zero-order valence-corrected chi connectivity index (χ0v) is 11.7. The first-order chi connectivity index (χ1) is 8.74. The second kappa shape index (κ2) is 6.66. The minimum atomic E-state index is 0.973. The van der Waals surface area contributed by atoms with Crippen LogP contribution in [0.15, 0.2) is 56.9 Å². The normalized spacial score (nSPS) is 11.1. The Morgan fingerprint density at radius 3 is 2.56 bits per heavy atom. The molecule has 0 amide bonds. The molecule has 0 radical (unpaired) electrons. The van der Waals surface area contributed by atoms with Crippen molar-refractivity contribution < 1.29 is 4.42 Å². The molecule has 0 aliphatic carbocycles. The molecule has 0 saturated carbocycles. The number of hydrogen-bond acceptors (Lipinski definition) is 3. The lowest BCUT2D eigenvalue weighted by molar-refractivity contribution is 0.378. The van der Waals surface area contributed by atoms with Crippen LogP contribution in [0.2, 0.25) is 0 Å². The average Bonchev–Trinajstić information content (AvgIpc) is 2.78. The SMILES string of the molecule is CN(C)CCCc1ccc(Sc2ccccc2)o1. The Hall–Kier alpha value is -1.19. The van der Waals surface area contributed by atoms with Crippen molar-refractivity contribution in [2.75, 3.05) is 20.6 Å². The maximum Gasteiger partial charge on any atom is 0.165 e. The zero-order valence-electron chi connectivity index (χ0n) is 10.9. The lowest BCUT2D eigenvalue weighted by Crippen LogP contribution is -2.13. The molecule has 0 unspecified atom stereocenters. The number of benzene rings is 1. The molecule has 1 heterocycles. The van der Waals surface area contributed by atoms with Crippen molar-refractivity contribution in [3.05, 3.63) is 48.2 Å². The molecule has 2 rings (SSSR count). The van der Waals surface area contributed by atoms with E-state index in [1.165, 1.54) is 4.90 Å². The van der Waals surface area contributed by atoms with E-state index in [2.05, 4.69) is 43.3 Å². The number of rotatable bonds is 6. The van der Waals surface area contributed by atoms with Gasteiger partial charge in [0.05, 0.1) is 0 Å². The summed E-state index contributed by atoms with van der Waals surface area (Å²) in [5, 5.41) is 0.973. The first kappa shape index (κ1) is 13.2. The molecule has 96 valence electrons.